The number of ether oxygens (including phenoxy) is 1. The Labute approximate surface area is 202 Å². The predicted octanol–water partition coefficient (Wildman–Crippen LogP) is 4.13. The van der Waals surface area contributed by atoms with Gasteiger partial charge in [-0.2, -0.15) is 0 Å². The van der Waals surface area contributed by atoms with Gasteiger partial charge in [0.15, 0.2) is 0 Å². The molecule has 0 aliphatic carbocycles. The summed E-state index contributed by atoms with van der Waals surface area (Å²) >= 11 is 3.48. The van der Waals surface area contributed by atoms with E-state index in [1.54, 1.807) is 16.8 Å². The summed E-state index contributed by atoms with van der Waals surface area (Å²) in [6.45, 7) is 1.92. The lowest BCUT2D eigenvalue weighted by molar-refractivity contribution is -0.130. The molecular formula is C24H31N3O4S2. The molecular weight excluding hydrogens is 458 g/mol. The topological polar surface area (TPSA) is 99.7 Å². The number of carbonyl (C=O) groups is 2. The molecule has 2 aliphatic rings. The second-order valence-electron chi connectivity index (χ2n) is 8.56. The van der Waals surface area contributed by atoms with Crippen LogP contribution in [0.15, 0.2) is 36.4 Å². The second-order valence-corrected chi connectivity index (χ2v) is 11.1. The summed E-state index contributed by atoms with van der Waals surface area (Å²) in [5, 5.41) is 15.3. The highest BCUT2D eigenvalue weighted by atomic mass is 32.2. The van der Waals surface area contributed by atoms with Crippen LogP contribution in [0, 0.1) is 0 Å². The van der Waals surface area contributed by atoms with Gasteiger partial charge in [-0.3, -0.25) is 14.8 Å². The first kappa shape index (κ1) is 24.2. The number of nitrogens with one attached hydrogen (secondary N) is 3. The molecule has 178 valence electrons. The molecule has 0 saturated carbocycles. The van der Waals surface area contributed by atoms with Crippen LogP contribution in [0.25, 0.3) is 10.4 Å². The first-order chi connectivity index (χ1) is 16.1. The molecule has 0 spiro atoms. The number of amides is 2. The van der Waals surface area contributed by atoms with Gasteiger partial charge in [0, 0.05) is 21.9 Å². The van der Waals surface area contributed by atoms with E-state index in [4.69, 9.17) is 9.94 Å². The average molecular weight is 490 g/mol. The normalized spacial score (nSPS) is 21.5. The van der Waals surface area contributed by atoms with Crippen LogP contribution in [-0.4, -0.2) is 48.6 Å². The van der Waals surface area contributed by atoms with E-state index in [1.165, 1.54) is 0 Å². The Hall–Kier alpha value is -1.91. The highest BCUT2D eigenvalue weighted by Gasteiger charge is 2.38. The van der Waals surface area contributed by atoms with Crippen LogP contribution in [0.4, 0.5) is 5.69 Å². The first-order valence-electron chi connectivity index (χ1n) is 11.5. The molecule has 9 heteroatoms. The number of thioether (sulfide) groups is 1. The highest BCUT2D eigenvalue weighted by molar-refractivity contribution is 8.00. The van der Waals surface area contributed by atoms with Crippen molar-refractivity contribution in [1.82, 2.24) is 10.8 Å². The fraction of sp³-hybridized carbons (Fsp3) is 0.500. The van der Waals surface area contributed by atoms with Gasteiger partial charge in [-0.05, 0) is 74.4 Å². The Morgan fingerprint density at radius 3 is 2.76 bits per heavy atom. The van der Waals surface area contributed by atoms with Crippen molar-refractivity contribution in [1.29, 1.82) is 0 Å². The van der Waals surface area contributed by atoms with Crippen molar-refractivity contribution in [3.8, 4) is 10.4 Å². The van der Waals surface area contributed by atoms with Crippen LogP contribution in [0.2, 0.25) is 0 Å². The quantitative estimate of drug-likeness (QED) is 0.329. The standard InChI is InChI=1S/C24H31N3O4S2/c28-22(27-30)15-24(10-1-2-13-32-24)21-7-6-20(33-21)17-4-3-5-18(14-17)26-23(29)16-31-19-8-11-25-12-9-19/h3-7,14,19,25,30H,1-2,8-13,15-16H2,(H,26,29)(H,27,28)/t24-/m0/s1. The van der Waals surface area contributed by atoms with Crippen LogP contribution >= 0.6 is 23.1 Å². The Morgan fingerprint density at radius 1 is 1.15 bits per heavy atom. The Bertz CT molecular complexity index is 953. The van der Waals surface area contributed by atoms with E-state index in [0.717, 1.165) is 72.0 Å². The zero-order valence-electron chi connectivity index (χ0n) is 18.6. The third-order valence-corrected chi connectivity index (χ3v) is 9.23. The summed E-state index contributed by atoms with van der Waals surface area (Å²) < 4.78 is 5.45. The van der Waals surface area contributed by atoms with Crippen LogP contribution in [0.3, 0.4) is 0 Å². The zero-order valence-corrected chi connectivity index (χ0v) is 20.2. The SMILES string of the molecule is O=C(C[C@]1(c2ccc(-c3cccc(NC(=O)COC4CCNCC4)c3)s2)CCCCS1)NO. The summed E-state index contributed by atoms with van der Waals surface area (Å²) in [4.78, 5) is 26.6. The number of carbonyl (C=O) groups excluding carboxylic acids is 2. The summed E-state index contributed by atoms with van der Waals surface area (Å²) in [6, 6.07) is 12.0. The van der Waals surface area contributed by atoms with Gasteiger partial charge in [0.1, 0.15) is 6.61 Å². The van der Waals surface area contributed by atoms with Crippen molar-refractivity contribution in [3.63, 3.8) is 0 Å². The number of hydrogen-bond donors (Lipinski definition) is 4. The maximum Gasteiger partial charge on any atom is 0.250 e. The molecule has 0 unspecified atom stereocenters. The largest absolute Gasteiger partial charge is 0.368 e. The minimum Gasteiger partial charge on any atom is -0.368 e. The summed E-state index contributed by atoms with van der Waals surface area (Å²) in [5.74, 6) is 0.508. The monoisotopic (exact) mass is 489 g/mol. The fourth-order valence-corrected chi connectivity index (χ4v) is 7.30. The molecule has 4 rings (SSSR count). The number of hydrogen-bond acceptors (Lipinski definition) is 7. The lowest BCUT2D eigenvalue weighted by Gasteiger charge is -2.35. The third-order valence-electron chi connectivity index (χ3n) is 6.15. The number of hydroxylamine groups is 1. The van der Waals surface area contributed by atoms with E-state index < -0.39 is 0 Å². The number of anilines is 1. The van der Waals surface area contributed by atoms with Crippen molar-refractivity contribution in [2.45, 2.75) is 49.4 Å². The first-order valence-corrected chi connectivity index (χ1v) is 13.3. The van der Waals surface area contributed by atoms with Crippen molar-refractivity contribution in [3.05, 3.63) is 41.3 Å². The van der Waals surface area contributed by atoms with Gasteiger partial charge >= 0.3 is 0 Å². The number of rotatable bonds is 8. The summed E-state index contributed by atoms with van der Waals surface area (Å²) in [6.07, 6.45) is 5.41. The lowest BCUT2D eigenvalue weighted by Crippen LogP contribution is -2.34. The Morgan fingerprint density at radius 2 is 2.00 bits per heavy atom. The second kappa shape index (κ2) is 11.5. The van der Waals surface area contributed by atoms with E-state index in [9.17, 15) is 9.59 Å². The molecule has 2 saturated heterocycles. The van der Waals surface area contributed by atoms with Gasteiger partial charge in [-0.1, -0.05) is 18.6 Å². The van der Waals surface area contributed by atoms with Crippen LogP contribution in [-0.2, 0) is 19.1 Å². The van der Waals surface area contributed by atoms with Gasteiger partial charge in [0.2, 0.25) is 11.8 Å². The molecule has 3 heterocycles. The van der Waals surface area contributed by atoms with Gasteiger partial charge in [-0.15, -0.1) is 23.1 Å². The minimum absolute atomic E-state index is 0.0602. The van der Waals surface area contributed by atoms with E-state index in [1.807, 2.05) is 36.0 Å². The molecule has 2 amide bonds. The molecule has 1 atom stereocenters. The van der Waals surface area contributed by atoms with Crippen LogP contribution in [0.1, 0.15) is 43.4 Å². The van der Waals surface area contributed by atoms with Crippen LogP contribution < -0.4 is 16.1 Å². The maximum absolute atomic E-state index is 12.4. The van der Waals surface area contributed by atoms with Crippen molar-refractivity contribution in [2.24, 2.45) is 0 Å². The molecule has 1 aromatic carbocycles. The molecule has 4 N–H and O–H groups in total. The smallest absolute Gasteiger partial charge is 0.250 e. The highest BCUT2D eigenvalue weighted by Crippen LogP contribution is 2.50. The van der Waals surface area contributed by atoms with Crippen molar-refractivity contribution >= 4 is 40.6 Å². The molecule has 33 heavy (non-hydrogen) atoms. The zero-order chi connectivity index (χ0) is 23.1. The maximum atomic E-state index is 12.4. The van der Waals surface area contributed by atoms with E-state index in [0.29, 0.717) is 0 Å². The average Bonchev–Trinajstić information content (AvgIpc) is 3.35. The summed E-state index contributed by atoms with van der Waals surface area (Å²) in [5.41, 5.74) is 3.56. The van der Waals surface area contributed by atoms with E-state index in [2.05, 4.69) is 22.8 Å². The van der Waals surface area contributed by atoms with E-state index in [-0.39, 0.29) is 35.7 Å². The van der Waals surface area contributed by atoms with Gasteiger partial charge in [0.05, 0.1) is 10.9 Å². The molecule has 2 aromatic rings. The molecule has 2 fully saturated rings. The fourth-order valence-electron chi connectivity index (χ4n) is 4.41. The molecule has 1 aromatic heterocycles. The Balaban J connectivity index is 1.43. The van der Waals surface area contributed by atoms with Gasteiger partial charge in [0.25, 0.3) is 0 Å². The van der Waals surface area contributed by atoms with Gasteiger partial charge in [-0.25, -0.2) is 5.48 Å². The minimum atomic E-state index is -0.351. The van der Waals surface area contributed by atoms with Crippen molar-refractivity contribution in [2.75, 3.05) is 30.8 Å². The molecule has 0 bridgehead atoms. The number of thiophene rings is 1. The van der Waals surface area contributed by atoms with Gasteiger partial charge < -0.3 is 15.4 Å². The molecule has 7 nitrogen and oxygen atoms in total. The summed E-state index contributed by atoms with van der Waals surface area (Å²) in [7, 11) is 0. The molecule has 2 aliphatic heterocycles. The Kier molecular flexibility index (Phi) is 8.43. The molecule has 0 radical (unpaired) electrons. The number of benzene rings is 1. The lowest BCUT2D eigenvalue weighted by atomic mass is 9.94. The van der Waals surface area contributed by atoms with Crippen molar-refractivity contribution < 1.29 is 19.5 Å². The number of piperidine rings is 1. The third kappa shape index (κ3) is 6.36. The predicted molar refractivity (Wildman–Crippen MR) is 133 cm³/mol. The van der Waals surface area contributed by atoms with E-state index >= 15 is 0 Å². The van der Waals surface area contributed by atoms with Crippen LogP contribution in [0.5, 0.6) is 0 Å².